The Bertz CT molecular complexity index is 887. The van der Waals surface area contributed by atoms with Gasteiger partial charge in [-0.1, -0.05) is 25.0 Å². The lowest BCUT2D eigenvalue weighted by Gasteiger charge is -2.33. The SMILES string of the molecule is COC(=O)[C@@H]1C[C@@H]2CCCC[C@@H]2N1Cc1cc(=O)oc2cc(C)ccc12. The Balaban J connectivity index is 1.73. The number of rotatable bonds is 3. The molecule has 2 fully saturated rings. The molecule has 5 nitrogen and oxygen atoms in total. The molecule has 1 aromatic heterocycles. The highest BCUT2D eigenvalue weighted by Crippen LogP contribution is 2.41. The number of esters is 1. The van der Waals surface area contributed by atoms with E-state index in [-0.39, 0.29) is 17.6 Å². The highest BCUT2D eigenvalue weighted by molar-refractivity contribution is 5.81. The van der Waals surface area contributed by atoms with Crippen LogP contribution in [-0.4, -0.2) is 30.1 Å². The number of carbonyl (C=O) groups is 1. The van der Waals surface area contributed by atoms with Crippen molar-refractivity contribution in [3.63, 3.8) is 0 Å². The molecule has 2 aromatic rings. The van der Waals surface area contributed by atoms with Crippen molar-refractivity contribution in [2.75, 3.05) is 7.11 Å². The molecule has 0 bridgehead atoms. The van der Waals surface area contributed by atoms with Gasteiger partial charge < -0.3 is 9.15 Å². The van der Waals surface area contributed by atoms with Gasteiger partial charge in [0, 0.05) is 24.0 Å². The van der Waals surface area contributed by atoms with Gasteiger partial charge in [0.2, 0.25) is 0 Å². The lowest BCUT2D eigenvalue weighted by Crippen LogP contribution is -2.42. The van der Waals surface area contributed by atoms with E-state index in [4.69, 9.17) is 9.15 Å². The number of methoxy groups -OCH3 is 1. The summed E-state index contributed by atoms with van der Waals surface area (Å²) in [5.41, 5.74) is 2.25. The van der Waals surface area contributed by atoms with Gasteiger partial charge in [-0.3, -0.25) is 9.69 Å². The van der Waals surface area contributed by atoms with Crippen LogP contribution in [0.3, 0.4) is 0 Å². The predicted octanol–water partition coefficient (Wildman–Crippen LogP) is 3.41. The molecular formula is C21H25NO4. The smallest absolute Gasteiger partial charge is 0.336 e. The second-order valence-corrected chi connectivity index (χ2v) is 7.65. The molecule has 0 radical (unpaired) electrons. The molecule has 0 spiro atoms. The molecule has 138 valence electrons. The Morgan fingerprint density at radius 1 is 1.27 bits per heavy atom. The number of benzene rings is 1. The fraction of sp³-hybridized carbons (Fsp3) is 0.524. The van der Waals surface area contributed by atoms with Crippen molar-refractivity contribution in [2.45, 2.75) is 57.7 Å². The van der Waals surface area contributed by atoms with Gasteiger partial charge in [-0.05, 0) is 49.3 Å². The molecule has 5 heteroatoms. The fourth-order valence-electron chi connectivity index (χ4n) is 4.81. The van der Waals surface area contributed by atoms with Gasteiger partial charge in [-0.2, -0.15) is 0 Å². The van der Waals surface area contributed by atoms with Gasteiger partial charge in [0.15, 0.2) is 0 Å². The molecule has 1 saturated heterocycles. The van der Waals surface area contributed by atoms with E-state index < -0.39 is 0 Å². The summed E-state index contributed by atoms with van der Waals surface area (Å²) in [6.45, 7) is 2.55. The van der Waals surface area contributed by atoms with Crippen LogP contribution in [0.2, 0.25) is 0 Å². The summed E-state index contributed by atoms with van der Waals surface area (Å²) < 4.78 is 10.5. The first kappa shape index (κ1) is 17.3. The van der Waals surface area contributed by atoms with Crippen LogP contribution in [0.25, 0.3) is 11.0 Å². The van der Waals surface area contributed by atoms with Crippen LogP contribution in [0.1, 0.15) is 43.2 Å². The minimum atomic E-state index is -0.341. The highest BCUT2D eigenvalue weighted by Gasteiger charge is 2.45. The molecule has 2 heterocycles. The van der Waals surface area contributed by atoms with Crippen molar-refractivity contribution in [2.24, 2.45) is 5.92 Å². The van der Waals surface area contributed by atoms with Gasteiger partial charge >= 0.3 is 11.6 Å². The summed E-state index contributed by atoms with van der Waals surface area (Å²) in [4.78, 5) is 26.7. The Kier molecular flexibility index (Phi) is 4.57. The van der Waals surface area contributed by atoms with E-state index >= 15 is 0 Å². The molecule has 1 aliphatic carbocycles. The molecule has 26 heavy (non-hydrogen) atoms. The van der Waals surface area contributed by atoms with E-state index in [2.05, 4.69) is 4.90 Å². The highest BCUT2D eigenvalue weighted by atomic mass is 16.5. The van der Waals surface area contributed by atoms with E-state index in [0.717, 1.165) is 29.4 Å². The molecule has 0 N–H and O–H groups in total. The van der Waals surface area contributed by atoms with Crippen molar-refractivity contribution in [1.29, 1.82) is 0 Å². The number of carbonyl (C=O) groups excluding carboxylic acids is 1. The first-order valence-electron chi connectivity index (χ1n) is 9.44. The zero-order valence-corrected chi connectivity index (χ0v) is 15.4. The zero-order chi connectivity index (χ0) is 18.3. The summed E-state index contributed by atoms with van der Waals surface area (Å²) in [6, 6.07) is 7.66. The maximum absolute atomic E-state index is 12.4. The summed E-state index contributed by atoms with van der Waals surface area (Å²) in [7, 11) is 1.46. The monoisotopic (exact) mass is 355 g/mol. The van der Waals surface area contributed by atoms with Crippen LogP contribution in [0.15, 0.2) is 33.5 Å². The number of nitrogens with zero attached hydrogens (tertiary/aromatic N) is 1. The van der Waals surface area contributed by atoms with E-state index in [1.807, 2.05) is 25.1 Å². The Morgan fingerprint density at radius 2 is 2.08 bits per heavy atom. The third-order valence-electron chi connectivity index (χ3n) is 6.03. The molecule has 4 rings (SSSR count). The third kappa shape index (κ3) is 3.05. The van der Waals surface area contributed by atoms with Gasteiger partial charge in [0.05, 0.1) is 7.11 Å². The third-order valence-corrected chi connectivity index (χ3v) is 6.03. The van der Waals surface area contributed by atoms with Crippen LogP contribution < -0.4 is 5.63 Å². The van der Waals surface area contributed by atoms with Crippen molar-refractivity contribution < 1.29 is 13.9 Å². The largest absolute Gasteiger partial charge is 0.468 e. The molecule has 1 aliphatic heterocycles. The predicted molar refractivity (Wildman–Crippen MR) is 98.9 cm³/mol. The Hall–Kier alpha value is -2.14. The zero-order valence-electron chi connectivity index (χ0n) is 15.4. The lowest BCUT2D eigenvalue weighted by atomic mass is 9.84. The van der Waals surface area contributed by atoms with Crippen molar-refractivity contribution in [1.82, 2.24) is 4.90 Å². The van der Waals surface area contributed by atoms with E-state index in [9.17, 15) is 9.59 Å². The summed E-state index contributed by atoms with van der Waals surface area (Å²) in [5.74, 6) is 0.379. The van der Waals surface area contributed by atoms with Crippen LogP contribution in [-0.2, 0) is 16.1 Å². The quantitative estimate of drug-likeness (QED) is 0.624. The Morgan fingerprint density at radius 3 is 2.88 bits per heavy atom. The van der Waals surface area contributed by atoms with Gasteiger partial charge in [-0.15, -0.1) is 0 Å². The van der Waals surface area contributed by atoms with Crippen LogP contribution >= 0.6 is 0 Å². The minimum absolute atomic E-state index is 0.164. The molecule has 3 atom stereocenters. The molecule has 1 aromatic carbocycles. The van der Waals surface area contributed by atoms with Gasteiger partial charge in [-0.25, -0.2) is 4.79 Å². The number of aryl methyl sites for hydroxylation is 1. The topological polar surface area (TPSA) is 59.8 Å². The average Bonchev–Trinajstić information content (AvgIpc) is 2.99. The number of likely N-dealkylation sites (tertiary alicyclic amines) is 1. The van der Waals surface area contributed by atoms with Crippen LogP contribution in [0.5, 0.6) is 0 Å². The Labute approximate surface area is 152 Å². The first-order chi connectivity index (χ1) is 12.6. The fourth-order valence-corrected chi connectivity index (χ4v) is 4.81. The number of hydrogen-bond acceptors (Lipinski definition) is 5. The second-order valence-electron chi connectivity index (χ2n) is 7.65. The maximum Gasteiger partial charge on any atom is 0.336 e. The summed E-state index contributed by atoms with van der Waals surface area (Å²) in [5, 5.41) is 0.943. The second kappa shape index (κ2) is 6.88. The minimum Gasteiger partial charge on any atom is -0.468 e. The standard InChI is InChI=1S/C21H25NO4/c1-13-7-8-16-15(11-20(23)26-19(16)9-13)12-22-17-6-4-3-5-14(17)10-18(22)21(24)25-2/h7-9,11,14,17-18H,3-6,10,12H2,1-2H3/t14-,17-,18-/m0/s1. The van der Waals surface area contributed by atoms with E-state index in [1.54, 1.807) is 6.07 Å². The molecule has 1 saturated carbocycles. The van der Waals surface area contributed by atoms with E-state index in [1.165, 1.54) is 26.4 Å². The molecule has 0 amide bonds. The maximum atomic E-state index is 12.4. The van der Waals surface area contributed by atoms with Crippen molar-refractivity contribution >= 4 is 16.9 Å². The van der Waals surface area contributed by atoms with Gasteiger partial charge in [0.1, 0.15) is 11.6 Å². The summed E-state index contributed by atoms with van der Waals surface area (Å²) >= 11 is 0. The molecule has 2 aliphatic rings. The van der Waals surface area contributed by atoms with Gasteiger partial charge in [0.25, 0.3) is 0 Å². The van der Waals surface area contributed by atoms with Crippen molar-refractivity contribution in [3.05, 3.63) is 45.8 Å². The van der Waals surface area contributed by atoms with Crippen LogP contribution in [0, 0.1) is 12.8 Å². The lowest BCUT2D eigenvalue weighted by molar-refractivity contribution is -0.146. The number of hydrogen-bond donors (Lipinski definition) is 0. The van der Waals surface area contributed by atoms with E-state index in [0.29, 0.717) is 24.1 Å². The first-order valence-corrected chi connectivity index (χ1v) is 9.44. The molecule has 0 unspecified atom stereocenters. The van der Waals surface area contributed by atoms with Crippen LogP contribution in [0.4, 0.5) is 0 Å². The number of fused-ring (bicyclic) bond motifs is 2. The van der Waals surface area contributed by atoms with Crippen molar-refractivity contribution in [3.8, 4) is 0 Å². The average molecular weight is 355 g/mol. The number of ether oxygens (including phenoxy) is 1. The molecular weight excluding hydrogens is 330 g/mol. The summed E-state index contributed by atoms with van der Waals surface area (Å²) in [6.07, 6.45) is 5.57. The normalized spacial score (nSPS) is 26.0.